The standard InChI is InChI=1S/C17H17ClN2O3/c1-23-16-4-2-13(18)10-14(16)15(21)3-5-17(22)20-11-12-6-8-19-9-7-12/h2,4,6-10H,3,5,11H2,1H3,(H,20,22). The summed E-state index contributed by atoms with van der Waals surface area (Å²) in [5.41, 5.74) is 1.35. The molecule has 1 aromatic carbocycles. The minimum Gasteiger partial charge on any atom is -0.496 e. The highest BCUT2D eigenvalue weighted by atomic mass is 35.5. The molecule has 0 unspecified atom stereocenters. The topological polar surface area (TPSA) is 68.3 Å². The fourth-order valence-corrected chi connectivity index (χ4v) is 2.22. The van der Waals surface area contributed by atoms with Crippen molar-refractivity contribution in [3.63, 3.8) is 0 Å². The molecule has 0 fully saturated rings. The number of pyridine rings is 1. The van der Waals surface area contributed by atoms with Gasteiger partial charge >= 0.3 is 0 Å². The summed E-state index contributed by atoms with van der Waals surface area (Å²) in [6, 6.07) is 8.49. The van der Waals surface area contributed by atoms with E-state index in [0.717, 1.165) is 5.56 Å². The number of carbonyl (C=O) groups is 2. The molecule has 120 valence electrons. The van der Waals surface area contributed by atoms with Crippen molar-refractivity contribution in [3.05, 3.63) is 58.9 Å². The van der Waals surface area contributed by atoms with Gasteiger partial charge in [-0.3, -0.25) is 14.6 Å². The zero-order valence-electron chi connectivity index (χ0n) is 12.7. The zero-order chi connectivity index (χ0) is 16.7. The summed E-state index contributed by atoms with van der Waals surface area (Å²) in [6.07, 6.45) is 3.53. The highest BCUT2D eigenvalue weighted by Gasteiger charge is 2.14. The molecule has 0 aliphatic carbocycles. The summed E-state index contributed by atoms with van der Waals surface area (Å²) in [5.74, 6) is 0.0937. The van der Waals surface area contributed by atoms with Gasteiger partial charge in [0.2, 0.25) is 5.91 Å². The van der Waals surface area contributed by atoms with E-state index in [4.69, 9.17) is 16.3 Å². The number of nitrogens with one attached hydrogen (secondary N) is 1. The van der Waals surface area contributed by atoms with Crippen LogP contribution >= 0.6 is 11.6 Å². The Morgan fingerprint density at radius 1 is 1.17 bits per heavy atom. The molecule has 0 saturated carbocycles. The van der Waals surface area contributed by atoms with Gasteiger partial charge in [0.25, 0.3) is 0 Å². The second kappa shape index (κ2) is 8.29. The lowest BCUT2D eigenvalue weighted by molar-refractivity contribution is -0.121. The number of halogens is 1. The van der Waals surface area contributed by atoms with Crippen molar-refractivity contribution in [2.24, 2.45) is 0 Å². The van der Waals surface area contributed by atoms with Crippen molar-refractivity contribution in [2.75, 3.05) is 7.11 Å². The smallest absolute Gasteiger partial charge is 0.220 e. The third-order valence-corrected chi connectivity index (χ3v) is 3.52. The van der Waals surface area contributed by atoms with Crippen LogP contribution < -0.4 is 10.1 Å². The molecular weight excluding hydrogens is 316 g/mol. The van der Waals surface area contributed by atoms with Gasteiger partial charge in [0.1, 0.15) is 5.75 Å². The van der Waals surface area contributed by atoms with Gasteiger partial charge in [0, 0.05) is 36.8 Å². The number of rotatable bonds is 7. The number of methoxy groups -OCH3 is 1. The number of carbonyl (C=O) groups excluding carboxylic acids is 2. The van der Waals surface area contributed by atoms with E-state index in [9.17, 15) is 9.59 Å². The molecule has 23 heavy (non-hydrogen) atoms. The van der Waals surface area contributed by atoms with Gasteiger partial charge in [-0.2, -0.15) is 0 Å². The molecule has 6 heteroatoms. The van der Waals surface area contributed by atoms with Crippen molar-refractivity contribution in [1.29, 1.82) is 0 Å². The first-order valence-electron chi connectivity index (χ1n) is 7.12. The number of benzene rings is 1. The van der Waals surface area contributed by atoms with Crippen LogP contribution in [0.1, 0.15) is 28.8 Å². The summed E-state index contributed by atoms with van der Waals surface area (Å²) < 4.78 is 5.15. The van der Waals surface area contributed by atoms with Gasteiger partial charge in [-0.05, 0) is 35.9 Å². The molecule has 1 heterocycles. The molecule has 1 N–H and O–H groups in total. The number of ketones is 1. The quantitative estimate of drug-likeness (QED) is 0.791. The van der Waals surface area contributed by atoms with Crippen molar-refractivity contribution >= 4 is 23.3 Å². The average molecular weight is 333 g/mol. The van der Waals surface area contributed by atoms with Gasteiger partial charge in [-0.1, -0.05) is 11.6 Å². The first-order chi connectivity index (χ1) is 11.1. The third kappa shape index (κ3) is 5.07. The SMILES string of the molecule is COc1ccc(Cl)cc1C(=O)CCC(=O)NCc1ccncc1. The van der Waals surface area contributed by atoms with Crippen LogP contribution in [0.25, 0.3) is 0 Å². The Bertz CT molecular complexity index is 689. The minimum absolute atomic E-state index is 0.0961. The van der Waals surface area contributed by atoms with E-state index in [1.807, 2.05) is 12.1 Å². The molecule has 0 bridgehead atoms. The first kappa shape index (κ1) is 17.0. The molecule has 0 aliphatic heterocycles. The molecule has 1 amide bonds. The Hall–Kier alpha value is -2.40. The van der Waals surface area contributed by atoms with Crippen molar-refractivity contribution < 1.29 is 14.3 Å². The molecule has 0 saturated heterocycles. The summed E-state index contributed by atoms with van der Waals surface area (Å²) >= 11 is 5.91. The average Bonchev–Trinajstić information content (AvgIpc) is 2.58. The van der Waals surface area contributed by atoms with Crippen molar-refractivity contribution in [2.45, 2.75) is 19.4 Å². The monoisotopic (exact) mass is 332 g/mol. The second-order valence-corrected chi connectivity index (χ2v) is 5.34. The molecule has 0 aliphatic rings. The molecular formula is C17H17ClN2O3. The van der Waals surface area contributed by atoms with Gasteiger partial charge in [0.05, 0.1) is 12.7 Å². The lowest BCUT2D eigenvalue weighted by Crippen LogP contribution is -2.23. The van der Waals surface area contributed by atoms with Crippen molar-refractivity contribution in [3.8, 4) is 5.75 Å². The predicted octanol–water partition coefficient (Wildman–Crippen LogP) is 3.02. The van der Waals surface area contributed by atoms with Gasteiger partial charge in [0.15, 0.2) is 5.78 Å². The highest BCUT2D eigenvalue weighted by Crippen LogP contribution is 2.24. The van der Waals surface area contributed by atoms with E-state index in [2.05, 4.69) is 10.3 Å². The molecule has 0 atom stereocenters. The lowest BCUT2D eigenvalue weighted by Gasteiger charge is -2.08. The number of ether oxygens (including phenoxy) is 1. The number of hydrogen-bond donors (Lipinski definition) is 1. The van der Waals surface area contributed by atoms with Crippen LogP contribution in [-0.2, 0) is 11.3 Å². The molecule has 0 spiro atoms. The molecule has 1 aromatic heterocycles. The maximum Gasteiger partial charge on any atom is 0.220 e. The van der Waals surface area contributed by atoms with E-state index < -0.39 is 0 Å². The summed E-state index contributed by atoms with van der Waals surface area (Å²) in [4.78, 5) is 28.0. The van der Waals surface area contributed by atoms with E-state index >= 15 is 0 Å². The summed E-state index contributed by atoms with van der Waals surface area (Å²) in [6.45, 7) is 0.413. The minimum atomic E-state index is -0.184. The summed E-state index contributed by atoms with van der Waals surface area (Å²) in [5, 5.41) is 3.22. The Labute approximate surface area is 139 Å². The predicted molar refractivity (Wildman–Crippen MR) is 87.7 cm³/mol. The fourth-order valence-electron chi connectivity index (χ4n) is 2.05. The van der Waals surface area contributed by atoms with Crippen LogP contribution in [0.15, 0.2) is 42.7 Å². The molecule has 0 radical (unpaired) electrons. The number of aromatic nitrogens is 1. The van der Waals surface area contributed by atoms with Crippen LogP contribution in [0.5, 0.6) is 5.75 Å². The molecule has 2 rings (SSSR count). The van der Waals surface area contributed by atoms with Crippen molar-refractivity contribution in [1.82, 2.24) is 10.3 Å². The van der Waals surface area contributed by atoms with Gasteiger partial charge < -0.3 is 10.1 Å². The Morgan fingerprint density at radius 3 is 2.61 bits per heavy atom. The lowest BCUT2D eigenvalue weighted by atomic mass is 10.1. The number of Topliss-reactive ketones (excluding diaryl/α,β-unsaturated/α-hetero) is 1. The van der Waals surface area contributed by atoms with E-state index in [-0.39, 0.29) is 24.5 Å². The van der Waals surface area contributed by atoms with Crippen LogP contribution in [0.2, 0.25) is 5.02 Å². The highest BCUT2D eigenvalue weighted by molar-refractivity contribution is 6.31. The Balaban J connectivity index is 1.86. The molecule has 2 aromatic rings. The Kier molecular flexibility index (Phi) is 6.11. The van der Waals surface area contributed by atoms with E-state index in [1.54, 1.807) is 30.6 Å². The van der Waals surface area contributed by atoms with E-state index in [1.165, 1.54) is 7.11 Å². The first-order valence-corrected chi connectivity index (χ1v) is 7.50. The number of hydrogen-bond acceptors (Lipinski definition) is 4. The maximum atomic E-state index is 12.2. The van der Waals surface area contributed by atoms with E-state index in [0.29, 0.717) is 22.9 Å². The molecule has 5 nitrogen and oxygen atoms in total. The maximum absolute atomic E-state index is 12.2. The van der Waals surface area contributed by atoms with Crippen LogP contribution in [0, 0.1) is 0 Å². The van der Waals surface area contributed by atoms with Gasteiger partial charge in [-0.15, -0.1) is 0 Å². The second-order valence-electron chi connectivity index (χ2n) is 4.90. The third-order valence-electron chi connectivity index (χ3n) is 3.28. The van der Waals surface area contributed by atoms with Crippen LogP contribution in [0.3, 0.4) is 0 Å². The largest absolute Gasteiger partial charge is 0.496 e. The number of nitrogens with zero attached hydrogens (tertiary/aromatic N) is 1. The number of amides is 1. The van der Waals surface area contributed by atoms with Crippen LogP contribution in [0.4, 0.5) is 0 Å². The fraction of sp³-hybridized carbons (Fsp3) is 0.235. The zero-order valence-corrected chi connectivity index (χ0v) is 13.5. The van der Waals surface area contributed by atoms with Gasteiger partial charge in [-0.25, -0.2) is 0 Å². The van der Waals surface area contributed by atoms with Crippen LogP contribution in [-0.4, -0.2) is 23.8 Å². The normalized spacial score (nSPS) is 10.2. The Morgan fingerprint density at radius 2 is 1.91 bits per heavy atom. The summed E-state index contributed by atoms with van der Waals surface area (Å²) in [7, 11) is 1.49.